The summed E-state index contributed by atoms with van der Waals surface area (Å²) in [6, 6.07) is 2.67. The highest BCUT2D eigenvalue weighted by molar-refractivity contribution is 9.10. The normalized spacial score (nSPS) is 10.5. The minimum absolute atomic E-state index is 0.126. The number of carbonyl (C=O) groups is 1. The van der Waals surface area contributed by atoms with Gasteiger partial charge in [0.2, 0.25) is 0 Å². The van der Waals surface area contributed by atoms with Gasteiger partial charge in [-0.25, -0.2) is 4.79 Å². The number of benzene rings is 1. The lowest BCUT2D eigenvalue weighted by Crippen LogP contribution is -1.94. The molecule has 0 radical (unpaired) electrons. The third kappa shape index (κ3) is 3.54. The smallest absolute Gasteiger partial charge is 0.330 e. The molecule has 7 heteroatoms. The highest BCUT2D eigenvalue weighted by atomic mass is 79.9. The van der Waals surface area contributed by atoms with Crippen LogP contribution in [0.15, 0.2) is 22.7 Å². The van der Waals surface area contributed by atoms with E-state index in [9.17, 15) is 14.9 Å². The standard InChI is InChI=1S/C10H7BrClNO4/c1-17-10(14)3-2-6-4-9(13(15)16)7(11)5-8(6)12/h2-5H,1H3. The van der Waals surface area contributed by atoms with Crippen molar-refractivity contribution in [1.82, 2.24) is 0 Å². The number of methoxy groups -OCH3 is 1. The molecule has 0 saturated carbocycles. The van der Waals surface area contributed by atoms with Gasteiger partial charge in [0.05, 0.1) is 16.5 Å². The highest BCUT2D eigenvalue weighted by Gasteiger charge is 2.14. The van der Waals surface area contributed by atoms with Gasteiger partial charge in [-0.3, -0.25) is 10.1 Å². The molecule has 0 saturated heterocycles. The summed E-state index contributed by atoms with van der Waals surface area (Å²) in [6.07, 6.45) is 2.49. The number of nitro benzene ring substituents is 1. The molecular weight excluding hydrogens is 313 g/mol. The van der Waals surface area contributed by atoms with Crippen LogP contribution in [-0.4, -0.2) is 18.0 Å². The summed E-state index contributed by atoms with van der Waals surface area (Å²) in [4.78, 5) is 21.0. The topological polar surface area (TPSA) is 69.4 Å². The molecule has 1 rings (SSSR count). The van der Waals surface area contributed by atoms with E-state index < -0.39 is 10.9 Å². The molecule has 0 atom stereocenters. The second kappa shape index (κ2) is 5.79. The Morgan fingerprint density at radius 3 is 2.76 bits per heavy atom. The van der Waals surface area contributed by atoms with E-state index in [1.54, 1.807) is 0 Å². The molecule has 5 nitrogen and oxygen atoms in total. The summed E-state index contributed by atoms with van der Waals surface area (Å²) in [6.45, 7) is 0. The highest BCUT2D eigenvalue weighted by Crippen LogP contribution is 2.31. The molecule has 0 fully saturated rings. The van der Waals surface area contributed by atoms with Crippen molar-refractivity contribution in [2.24, 2.45) is 0 Å². The van der Waals surface area contributed by atoms with Crippen LogP contribution in [0.1, 0.15) is 5.56 Å². The Kier molecular flexibility index (Phi) is 4.65. The first-order valence-corrected chi connectivity index (χ1v) is 5.52. The Bertz CT molecular complexity index is 501. The number of nitrogens with zero attached hydrogens (tertiary/aromatic N) is 1. The van der Waals surface area contributed by atoms with Gasteiger partial charge < -0.3 is 4.74 Å². The molecular formula is C10H7BrClNO4. The Labute approximate surface area is 110 Å². The first-order valence-electron chi connectivity index (χ1n) is 4.35. The van der Waals surface area contributed by atoms with Crippen LogP contribution in [0.2, 0.25) is 5.02 Å². The monoisotopic (exact) mass is 319 g/mol. The fourth-order valence-corrected chi connectivity index (χ4v) is 1.89. The van der Waals surface area contributed by atoms with Gasteiger partial charge in [0, 0.05) is 22.7 Å². The summed E-state index contributed by atoms with van der Waals surface area (Å²) in [7, 11) is 1.23. The molecule has 0 N–H and O–H groups in total. The van der Waals surface area contributed by atoms with Crippen LogP contribution in [0, 0.1) is 10.1 Å². The minimum Gasteiger partial charge on any atom is -0.466 e. The van der Waals surface area contributed by atoms with E-state index in [1.807, 2.05) is 0 Å². The van der Waals surface area contributed by atoms with E-state index in [2.05, 4.69) is 20.7 Å². The zero-order valence-electron chi connectivity index (χ0n) is 8.65. The van der Waals surface area contributed by atoms with E-state index >= 15 is 0 Å². The van der Waals surface area contributed by atoms with Gasteiger partial charge in [-0.1, -0.05) is 11.6 Å². The molecule has 0 bridgehead atoms. The van der Waals surface area contributed by atoms with Crippen LogP contribution in [0.25, 0.3) is 6.08 Å². The van der Waals surface area contributed by atoms with Crippen molar-refractivity contribution in [2.75, 3.05) is 7.11 Å². The first-order chi connectivity index (χ1) is 7.95. The predicted molar refractivity (Wildman–Crippen MR) is 66.9 cm³/mol. The quantitative estimate of drug-likeness (QED) is 0.371. The molecule has 0 amide bonds. The largest absolute Gasteiger partial charge is 0.466 e. The Balaban J connectivity index is 3.16. The number of esters is 1. The zero-order chi connectivity index (χ0) is 13.0. The van der Waals surface area contributed by atoms with E-state index in [0.717, 1.165) is 6.08 Å². The van der Waals surface area contributed by atoms with Crippen molar-refractivity contribution in [1.29, 1.82) is 0 Å². The third-order valence-corrected chi connectivity index (χ3v) is 2.83. The fraction of sp³-hybridized carbons (Fsp3) is 0.100. The summed E-state index contributed by atoms with van der Waals surface area (Å²) in [5, 5.41) is 11.0. The van der Waals surface area contributed by atoms with Crippen LogP contribution < -0.4 is 0 Å². The average molecular weight is 321 g/mol. The van der Waals surface area contributed by atoms with Crippen LogP contribution in [0.5, 0.6) is 0 Å². The molecule has 17 heavy (non-hydrogen) atoms. The molecule has 90 valence electrons. The maximum absolute atomic E-state index is 10.9. The van der Waals surface area contributed by atoms with Crippen LogP contribution in [0.3, 0.4) is 0 Å². The molecule has 0 aliphatic rings. The van der Waals surface area contributed by atoms with Gasteiger partial charge in [0.15, 0.2) is 0 Å². The van der Waals surface area contributed by atoms with Crippen molar-refractivity contribution < 1.29 is 14.5 Å². The number of ether oxygens (including phenoxy) is 1. The van der Waals surface area contributed by atoms with Gasteiger partial charge in [0.25, 0.3) is 5.69 Å². The van der Waals surface area contributed by atoms with Crippen molar-refractivity contribution in [3.8, 4) is 0 Å². The van der Waals surface area contributed by atoms with Crippen molar-refractivity contribution >= 4 is 45.3 Å². The third-order valence-electron chi connectivity index (χ3n) is 1.86. The lowest BCUT2D eigenvalue weighted by Gasteiger charge is -2.01. The Hall–Kier alpha value is -1.40. The number of rotatable bonds is 3. The molecule has 0 aromatic heterocycles. The SMILES string of the molecule is COC(=O)C=Cc1cc([N+](=O)[O-])c(Br)cc1Cl. The zero-order valence-corrected chi connectivity index (χ0v) is 11.0. The first kappa shape index (κ1) is 13.7. The Morgan fingerprint density at radius 2 is 2.24 bits per heavy atom. The van der Waals surface area contributed by atoms with E-state index in [-0.39, 0.29) is 10.2 Å². The lowest BCUT2D eigenvalue weighted by molar-refractivity contribution is -0.385. The number of hydrogen-bond acceptors (Lipinski definition) is 4. The maximum Gasteiger partial charge on any atom is 0.330 e. The van der Waals surface area contributed by atoms with Crippen LogP contribution >= 0.6 is 27.5 Å². The number of carbonyl (C=O) groups excluding carboxylic acids is 1. The van der Waals surface area contributed by atoms with Gasteiger partial charge in [-0.2, -0.15) is 0 Å². The lowest BCUT2D eigenvalue weighted by atomic mass is 10.2. The molecule has 0 unspecified atom stereocenters. The fourth-order valence-electron chi connectivity index (χ4n) is 1.05. The second-order valence-electron chi connectivity index (χ2n) is 2.94. The number of hydrogen-bond donors (Lipinski definition) is 0. The van der Waals surface area contributed by atoms with Crippen molar-refractivity contribution in [3.05, 3.63) is 43.4 Å². The van der Waals surface area contributed by atoms with Gasteiger partial charge in [-0.15, -0.1) is 0 Å². The van der Waals surface area contributed by atoms with E-state index in [4.69, 9.17) is 11.6 Å². The summed E-state index contributed by atoms with van der Waals surface area (Å²) in [5.41, 5.74) is 0.242. The molecule has 0 spiro atoms. The van der Waals surface area contributed by atoms with E-state index in [1.165, 1.54) is 25.3 Å². The van der Waals surface area contributed by atoms with Gasteiger partial charge >= 0.3 is 5.97 Å². The van der Waals surface area contributed by atoms with Crippen LogP contribution in [0.4, 0.5) is 5.69 Å². The second-order valence-corrected chi connectivity index (χ2v) is 4.20. The molecule has 0 heterocycles. The van der Waals surface area contributed by atoms with Crippen molar-refractivity contribution in [3.63, 3.8) is 0 Å². The van der Waals surface area contributed by atoms with Crippen molar-refractivity contribution in [2.45, 2.75) is 0 Å². The van der Waals surface area contributed by atoms with Crippen LogP contribution in [-0.2, 0) is 9.53 Å². The Morgan fingerprint density at radius 1 is 1.59 bits per heavy atom. The van der Waals surface area contributed by atoms with Gasteiger partial charge in [0.1, 0.15) is 0 Å². The maximum atomic E-state index is 10.9. The minimum atomic E-state index is -0.563. The number of halogens is 2. The van der Waals surface area contributed by atoms with E-state index in [0.29, 0.717) is 10.6 Å². The molecule has 1 aromatic rings. The summed E-state index contributed by atoms with van der Waals surface area (Å²) < 4.78 is 4.68. The number of nitro groups is 1. The summed E-state index contributed by atoms with van der Waals surface area (Å²) in [5.74, 6) is -0.563. The molecule has 0 aliphatic heterocycles. The molecule has 0 aliphatic carbocycles. The summed E-state index contributed by atoms with van der Waals surface area (Å²) >= 11 is 8.91. The molecule has 1 aromatic carbocycles. The van der Waals surface area contributed by atoms with Gasteiger partial charge in [-0.05, 0) is 28.1 Å². The average Bonchev–Trinajstić information content (AvgIpc) is 2.26. The predicted octanol–water partition coefficient (Wildman–Crippen LogP) is 3.20.